The van der Waals surface area contributed by atoms with Crippen molar-refractivity contribution in [1.29, 1.82) is 0 Å². The van der Waals surface area contributed by atoms with E-state index in [0.29, 0.717) is 5.56 Å². The molecule has 0 unspecified atom stereocenters. The van der Waals surface area contributed by atoms with Crippen LogP contribution < -0.4 is 0 Å². The third kappa shape index (κ3) is 5.82. The average molecular weight is 399 g/mol. The number of alkyl halides is 3. The molecule has 0 bridgehead atoms. The first-order valence-electron chi connectivity index (χ1n) is 8.18. The van der Waals surface area contributed by atoms with Crippen molar-refractivity contribution in [1.82, 2.24) is 4.90 Å². The third-order valence-corrected chi connectivity index (χ3v) is 5.82. The lowest BCUT2D eigenvalue weighted by Gasteiger charge is -2.18. The Hall–Kier alpha value is -2.35. The van der Waals surface area contributed by atoms with E-state index >= 15 is 0 Å². The summed E-state index contributed by atoms with van der Waals surface area (Å²) in [6, 6.07) is 10.9. The van der Waals surface area contributed by atoms with Crippen LogP contribution in [0.3, 0.4) is 0 Å². The Morgan fingerprint density at radius 2 is 1.56 bits per heavy atom. The lowest BCUT2D eigenvalue weighted by molar-refractivity contribution is -0.137. The Kier molecular flexibility index (Phi) is 6.30. The van der Waals surface area contributed by atoms with Crippen molar-refractivity contribution in [3.05, 3.63) is 65.2 Å². The third-order valence-electron chi connectivity index (χ3n) is 4.09. The minimum absolute atomic E-state index is 0.0988. The smallest absolute Gasteiger partial charge is 0.341 e. The molecular weight excluding hydrogens is 379 g/mol. The highest BCUT2D eigenvalue weighted by Gasteiger charge is 2.30. The summed E-state index contributed by atoms with van der Waals surface area (Å²) in [7, 11) is -2.09. The maximum Gasteiger partial charge on any atom is 0.416 e. The molecule has 0 aliphatic heterocycles. The van der Waals surface area contributed by atoms with Crippen LogP contribution in [0.15, 0.2) is 53.4 Å². The standard InChI is InChI=1S/C19H20F3NO3S/c1-14-3-9-17(10-4-14)27(25,26)12-11-18(24)23(2)13-15-5-7-16(8-6-15)19(20,21)22/h3-10H,11-13H2,1-2H3. The fourth-order valence-corrected chi connectivity index (χ4v) is 3.67. The number of sulfone groups is 1. The highest BCUT2D eigenvalue weighted by atomic mass is 32.2. The first kappa shape index (κ1) is 21.0. The Labute approximate surface area is 156 Å². The molecule has 0 aliphatic carbocycles. The van der Waals surface area contributed by atoms with Crippen LogP contribution in [-0.2, 0) is 27.4 Å². The number of amides is 1. The van der Waals surface area contributed by atoms with Crippen LogP contribution in [0.4, 0.5) is 13.2 Å². The normalized spacial score (nSPS) is 12.0. The molecule has 0 aliphatic rings. The molecule has 0 aromatic heterocycles. The van der Waals surface area contributed by atoms with E-state index in [1.807, 2.05) is 6.92 Å². The van der Waals surface area contributed by atoms with E-state index in [1.165, 1.54) is 36.2 Å². The molecule has 8 heteroatoms. The first-order chi connectivity index (χ1) is 12.5. The van der Waals surface area contributed by atoms with Crippen LogP contribution in [-0.4, -0.2) is 32.0 Å². The topological polar surface area (TPSA) is 54.5 Å². The Morgan fingerprint density at radius 1 is 1.00 bits per heavy atom. The first-order valence-corrected chi connectivity index (χ1v) is 9.84. The van der Waals surface area contributed by atoms with Gasteiger partial charge in [0.15, 0.2) is 9.84 Å². The summed E-state index contributed by atoms with van der Waals surface area (Å²) in [4.78, 5) is 13.6. The average Bonchev–Trinajstić information content (AvgIpc) is 2.59. The van der Waals surface area contributed by atoms with E-state index in [0.717, 1.165) is 17.7 Å². The summed E-state index contributed by atoms with van der Waals surface area (Å²) < 4.78 is 62.3. The second-order valence-corrected chi connectivity index (χ2v) is 8.44. The molecule has 0 fully saturated rings. The number of carbonyl (C=O) groups excluding carboxylic acids is 1. The van der Waals surface area contributed by atoms with Crippen LogP contribution in [0, 0.1) is 6.92 Å². The van der Waals surface area contributed by atoms with Crippen LogP contribution >= 0.6 is 0 Å². The van der Waals surface area contributed by atoms with Crippen molar-refractivity contribution in [2.75, 3.05) is 12.8 Å². The number of halogens is 3. The van der Waals surface area contributed by atoms with Gasteiger partial charge in [0.1, 0.15) is 0 Å². The molecule has 2 aromatic carbocycles. The highest BCUT2D eigenvalue weighted by molar-refractivity contribution is 7.91. The van der Waals surface area contributed by atoms with Gasteiger partial charge in [0, 0.05) is 20.0 Å². The second kappa shape index (κ2) is 8.12. The SMILES string of the molecule is Cc1ccc(S(=O)(=O)CCC(=O)N(C)Cc2ccc(C(F)(F)F)cc2)cc1. The second-order valence-electron chi connectivity index (χ2n) is 6.33. The summed E-state index contributed by atoms with van der Waals surface area (Å²) >= 11 is 0. The van der Waals surface area contributed by atoms with E-state index in [2.05, 4.69) is 0 Å². The van der Waals surface area contributed by atoms with Gasteiger partial charge in [-0.05, 0) is 36.8 Å². The largest absolute Gasteiger partial charge is 0.416 e. The van der Waals surface area contributed by atoms with Gasteiger partial charge in [0.25, 0.3) is 0 Å². The Balaban J connectivity index is 1.94. The maximum atomic E-state index is 12.6. The number of aryl methyl sites for hydroxylation is 1. The van der Waals surface area contributed by atoms with E-state index in [-0.39, 0.29) is 23.6 Å². The van der Waals surface area contributed by atoms with Gasteiger partial charge in [-0.3, -0.25) is 4.79 Å². The van der Waals surface area contributed by atoms with Crippen molar-refractivity contribution in [2.45, 2.75) is 31.0 Å². The van der Waals surface area contributed by atoms with Gasteiger partial charge in [-0.1, -0.05) is 29.8 Å². The summed E-state index contributed by atoms with van der Waals surface area (Å²) in [6.07, 6.45) is -4.61. The van der Waals surface area contributed by atoms with Gasteiger partial charge in [-0.25, -0.2) is 8.42 Å². The van der Waals surface area contributed by atoms with E-state index in [1.54, 1.807) is 12.1 Å². The predicted octanol–water partition coefficient (Wildman–Crippen LogP) is 3.84. The minimum Gasteiger partial charge on any atom is -0.341 e. The molecule has 27 heavy (non-hydrogen) atoms. The number of carbonyl (C=O) groups is 1. The van der Waals surface area contributed by atoms with Crippen LogP contribution in [0.1, 0.15) is 23.1 Å². The van der Waals surface area contributed by atoms with Crippen molar-refractivity contribution < 1.29 is 26.4 Å². The quantitative estimate of drug-likeness (QED) is 0.742. The maximum absolute atomic E-state index is 12.6. The Morgan fingerprint density at radius 3 is 2.07 bits per heavy atom. The lowest BCUT2D eigenvalue weighted by Crippen LogP contribution is -2.28. The fraction of sp³-hybridized carbons (Fsp3) is 0.316. The molecule has 146 valence electrons. The number of hydrogen-bond acceptors (Lipinski definition) is 3. The molecule has 2 aromatic rings. The Bertz CT molecular complexity index is 889. The van der Waals surface area contributed by atoms with Gasteiger partial charge in [0.05, 0.1) is 16.2 Å². The zero-order valence-corrected chi connectivity index (χ0v) is 15.8. The monoisotopic (exact) mass is 399 g/mol. The lowest BCUT2D eigenvalue weighted by atomic mass is 10.1. The molecule has 0 radical (unpaired) electrons. The van der Waals surface area contributed by atoms with Gasteiger partial charge >= 0.3 is 6.18 Å². The number of benzene rings is 2. The van der Waals surface area contributed by atoms with Gasteiger partial charge in [-0.15, -0.1) is 0 Å². The molecule has 4 nitrogen and oxygen atoms in total. The summed E-state index contributed by atoms with van der Waals surface area (Å²) in [5, 5.41) is 0. The number of rotatable bonds is 6. The van der Waals surface area contributed by atoms with Crippen molar-refractivity contribution in [3.8, 4) is 0 Å². The van der Waals surface area contributed by atoms with Crippen molar-refractivity contribution >= 4 is 15.7 Å². The molecule has 0 saturated carbocycles. The van der Waals surface area contributed by atoms with Crippen molar-refractivity contribution in [2.24, 2.45) is 0 Å². The molecule has 0 spiro atoms. The number of nitrogens with zero attached hydrogens (tertiary/aromatic N) is 1. The summed E-state index contributed by atoms with van der Waals surface area (Å²) in [5.41, 5.74) is 0.700. The van der Waals surface area contributed by atoms with E-state index in [4.69, 9.17) is 0 Å². The van der Waals surface area contributed by atoms with Gasteiger partial charge < -0.3 is 4.90 Å². The highest BCUT2D eigenvalue weighted by Crippen LogP contribution is 2.29. The van der Waals surface area contributed by atoms with Crippen LogP contribution in [0.5, 0.6) is 0 Å². The van der Waals surface area contributed by atoms with Gasteiger partial charge in [-0.2, -0.15) is 13.2 Å². The molecule has 0 N–H and O–H groups in total. The summed E-state index contributed by atoms with van der Waals surface area (Å²) in [5.74, 6) is -0.725. The minimum atomic E-state index is -4.41. The summed E-state index contributed by atoms with van der Waals surface area (Å²) in [6.45, 7) is 1.94. The zero-order chi connectivity index (χ0) is 20.2. The van der Waals surface area contributed by atoms with Gasteiger partial charge in [0.2, 0.25) is 5.91 Å². The molecule has 2 rings (SSSR count). The fourth-order valence-electron chi connectivity index (χ4n) is 2.44. The molecule has 1 amide bonds. The van der Waals surface area contributed by atoms with E-state index < -0.39 is 27.5 Å². The van der Waals surface area contributed by atoms with Crippen LogP contribution in [0.25, 0.3) is 0 Å². The molecule has 0 saturated heterocycles. The predicted molar refractivity (Wildman–Crippen MR) is 95.8 cm³/mol. The van der Waals surface area contributed by atoms with Crippen LogP contribution in [0.2, 0.25) is 0 Å². The molecular formula is C19H20F3NO3S. The van der Waals surface area contributed by atoms with Crippen molar-refractivity contribution in [3.63, 3.8) is 0 Å². The number of hydrogen-bond donors (Lipinski definition) is 0. The van der Waals surface area contributed by atoms with E-state index in [9.17, 15) is 26.4 Å². The molecule has 0 heterocycles. The zero-order valence-electron chi connectivity index (χ0n) is 15.0. The molecule has 0 atom stereocenters.